The first-order chi connectivity index (χ1) is 14.1. The van der Waals surface area contributed by atoms with E-state index in [9.17, 15) is 24.0 Å². The van der Waals surface area contributed by atoms with Gasteiger partial charge in [0.05, 0.1) is 19.0 Å². The Labute approximate surface area is 178 Å². The van der Waals surface area contributed by atoms with Gasteiger partial charge in [-0.05, 0) is 37.8 Å². The predicted molar refractivity (Wildman–Crippen MR) is 111 cm³/mol. The van der Waals surface area contributed by atoms with Crippen LogP contribution >= 0.6 is 11.8 Å². The highest BCUT2D eigenvalue weighted by atomic mass is 32.2. The number of thioether (sulfide) groups is 1. The molecule has 0 bridgehead atoms. The SMILES string of the molecule is CSCCC(NC(=O)CNC(=O)C(CC(=O)O)NC(=O)C(N)CCCCN)C(=O)O. The number of carboxylic acids is 2. The number of nitrogens with two attached hydrogens (primary N) is 2. The van der Waals surface area contributed by atoms with Crippen molar-refractivity contribution < 1.29 is 34.2 Å². The highest BCUT2D eigenvalue weighted by Crippen LogP contribution is 2.02. The molecule has 172 valence electrons. The largest absolute Gasteiger partial charge is 0.481 e. The van der Waals surface area contributed by atoms with Gasteiger partial charge in [-0.2, -0.15) is 11.8 Å². The van der Waals surface area contributed by atoms with Crippen molar-refractivity contribution in [1.82, 2.24) is 16.0 Å². The summed E-state index contributed by atoms with van der Waals surface area (Å²) in [6.45, 7) is -0.128. The number of carbonyl (C=O) groups excluding carboxylic acids is 3. The minimum atomic E-state index is -1.44. The molecule has 0 radical (unpaired) electrons. The van der Waals surface area contributed by atoms with E-state index in [1.807, 2.05) is 0 Å². The third-order valence-electron chi connectivity index (χ3n) is 3.98. The molecule has 0 fully saturated rings. The van der Waals surface area contributed by atoms with E-state index in [1.165, 1.54) is 11.8 Å². The first-order valence-electron chi connectivity index (χ1n) is 9.39. The third kappa shape index (κ3) is 12.2. The molecule has 9 N–H and O–H groups in total. The fourth-order valence-electron chi connectivity index (χ4n) is 2.33. The monoisotopic (exact) mass is 449 g/mol. The Morgan fingerprint density at radius 3 is 2.17 bits per heavy atom. The molecule has 3 unspecified atom stereocenters. The highest BCUT2D eigenvalue weighted by molar-refractivity contribution is 7.98. The molecule has 0 aromatic heterocycles. The highest BCUT2D eigenvalue weighted by Gasteiger charge is 2.27. The summed E-state index contributed by atoms with van der Waals surface area (Å²) in [5.41, 5.74) is 11.1. The van der Waals surface area contributed by atoms with Gasteiger partial charge in [-0.25, -0.2) is 4.79 Å². The van der Waals surface area contributed by atoms with Crippen molar-refractivity contribution in [3.05, 3.63) is 0 Å². The number of carboxylic acid groups (broad SMARTS) is 2. The predicted octanol–water partition coefficient (Wildman–Crippen LogP) is -2.16. The topological polar surface area (TPSA) is 214 Å². The fraction of sp³-hybridized carbons (Fsp3) is 0.706. The molecule has 0 aliphatic heterocycles. The lowest BCUT2D eigenvalue weighted by Crippen LogP contribution is -2.54. The molecule has 12 nitrogen and oxygen atoms in total. The average Bonchev–Trinajstić information content (AvgIpc) is 2.68. The van der Waals surface area contributed by atoms with E-state index < -0.39 is 60.8 Å². The maximum Gasteiger partial charge on any atom is 0.326 e. The lowest BCUT2D eigenvalue weighted by atomic mass is 10.1. The van der Waals surface area contributed by atoms with Crippen LogP contribution in [0, 0.1) is 0 Å². The van der Waals surface area contributed by atoms with Crippen LogP contribution in [0.3, 0.4) is 0 Å². The molecule has 0 aliphatic carbocycles. The Morgan fingerprint density at radius 1 is 0.967 bits per heavy atom. The molecule has 3 atom stereocenters. The molecule has 0 aromatic rings. The van der Waals surface area contributed by atoms with E-state index in [0.717, 1.165) is 0 Å². The molecular formula is C17H31N5O7S. The molecule has 0 heterocycles. The molecule has 0 saturated heterocycles. The second kappa shape index (κ2) is 15.5. The van der Waals surface area contributed by atoms with Crippen LogP contribution in [0.4, 0.5) is 0 Å². The van der Waals surface area contributed by atoms with Crippen molar-refractivity contribution in [2.24, 2.45) is 11.5 Å². The Balaban J connectivity index is 4.75. The third-order valence-corrected chi connectivity index (χ3v) is 4.63. The van der Waals surface area contributed by atoms with Crippen LogP contribution in [0.5, 0.6) is 0 Å². The van der Waals surface area contributed by atoms with Gasteiger partial charge in [-0.1, -0.05) is 6.42 Å². The number of nitrogens with one attached hydrogen (secondary N) is 3. The maximum absolute atomic E-state index is 12.2. The van der Waals surface area contributed by atoms with Gasteiger partial charge in [0.15, 0.2) is 0 Å². The van der Waals surface area contributed by atoms with E-state index in [0.29, 0.717) is 31.6 Å². The second-order valence-electron chi connectivity index (χ2n) is 6.51. The molecule has 0 saturated carbocycles. The number of hydrogen-bond acceptors (Lipinski definition) is 8. The molecule has 30 heavy (non-hydrogen) atoms. The Kier molecular flexibility index (Phi) is 14.2. The molecule has 13 heteroatoms. The zero-order chi connectivity index (χ0) is 23.1. The van der Waals surface area contributed by atoms with Crippen molar-refractivity contribution in [2.45, 2.75) is 50.2 Å². The fourth-order valence-corrected chi connectivity index (χ4v) is 2.80. The summed E-state index contributed by atoms with van der Waals surface area (Å²) in [5.74, 6) is -4.37. The summed E-state index contributed by atoms with van der Waals surface area (Å²) in [5, 5.41) is 24.8. The molecule has 3 amide bonds. The van der Waals surface area contributed by atoms with Crippen LogP contribution < -0.4 is 27.4 Å². The average molecular weight is 450 g/mol. The van der Waals surface area contributed by atoms with Crippen molar-refractivity contribution in [1.29, 1.82) is 0 Å². The van der Waals surface area contributed by atoms with Gasteiger partial charge >= 0.3 is 11.9 Å². The summed E-state index contributed by atoms with van der Waals surface area (Å²) < 4.78 is 0. The Hall–Kier alpha value is -2.38. The Morgan fingerprint density at radius 2 is 1.63 bits per heavy atom. The van der Waals surface area contributed by atoms with E-state index in [2.05, 4.69) is 16.0 Å². The van der Waals surface area contributed by atoms with Gasteiger partial charge in [0.1, 0.15) is 12.1 Å². The van der Waals surface area contributed by atoms with E-state index in [4.69, 9.17) is 21.7 Å². The van der Waals surface area contributed by atoms with Crippen LogP contribution in [-0.2, 0) is 24.0 Å². The summed E-state index contributed by atoms with van der Waals surface area (Å²) in [7, 11) is 0. The van der Waals surface area contributed by atoms with Gasteiger partial charge in [0.2, 0.25) is 17.7 Å². The smallest absolute Gasteiger partial charge is 0.326 e. The maximum atomic E-state index is 12.2. The van der Waals surface area contributed by atoms with E-state index >= 15 is 0 Å². The van der Waals surface area contributed by atoms with Gasteiger partial charge in [-0.3, -0.25) is 19.2 Å². The van der Waals surface area contributed by atoms with Crippen LogP contribution in [0.1, 0.15) is 32.1 Å². The molecule has 0 rings (SSSR count). The normalized spacial score (nSPS) is 13.6. The van der Waals surface area contributed by atoms with Crippen molar-refractivity contribution >= 4 is 41.4 Å². The summed E-state index contributed by atoms with van der Waals surface area (Å²) in [4.78, 5) is 58.4. The molecule has 0 aromatic carbocycles. The van der Waals surface area contributed by atoms with Gasteiger partial charge in [0.25, 0.3) is 0 Å². The minimum Gasteiger partial charge on any atom is -0.481 e. The van der Waals surface area contributed by atoms with E-state index in [-0.39, 0.29) is 6.42 Å². The van der Waals surface area contributed by atoms with Crippen LogP contribution in [0.15, 0.2) is 0 Å². The number of unbranched alkanes of at least 4 members (excludes halogenated alkanes) is 1. The molecule has 0 spiro atoms. The van der Waals surface area contributed by atoms with Crippen molar-refractivity contribution in [2.75, 3.05) is 25.1 Å². The summed E-state index contributed by atoms with van der Waals surface area (Å²) >= 11 is 1.42. The lowest BCUT2D eigenvalue weighted by molar-refractivity contribution is -0.142. The van der Waals surface area contributed by atoms with Gasteiger partial charge in [-0.15, -0.1) is 0 Å². The lowest BCUT2D eigenvalue weighted by Gasteiger charge is -2.20. The number of hydrogen-bond donors (Lipinski definition) is 7. The number of carbonyl (C=O) groups is 5. The van der Waals surface area contributed by atoms with Crippen LogP contribution in [0.2, 0.25) is 0 Å². The summed E-state index contributed by atoms with van der Waals surface area (Å²) in [6, 6.07) is -3.48. The summed E-state index contributed by atoms with van der Waals surface area (Å²) in [6.07, 6.45) is 2.88. The molecule has 0 aliphatic rings. The number of amides is 3. The van der Waals surface area contributed by atoms with Gasteiger partial charge < -0.3 is 37.6 Å². The quantitative estimate of drug-likeness (QED) is 0.127. The van der Waals surface area contributed by atoms with Crippen LogP contribution in [-0.4, -0.2) is 83.1 Å². The first kappa shape index (κ1) is 27.6. The minimum absolute atomic E-state index is 0.204. The van der Waals surface area contributed by atoms with Crippen molar-refractivity contribution in [3.63, 3.8) is 0 Å². The van der Waals surface area contributed by atoms with E-state index in [1.54, 1.807) is 6.26 Å². The number of aliphatic carboxylic acids is 2. The Bertz CT molecular complexity index is 605. The first-order valence-corrected chi connectivity index (χ1v) is 10.8. The standard InChI is InChI=1S/C17H31N5O7S/c1-30-7-5-11(17(28)29)21-13(23)9-20-16(27)12(8-14(24)25)22-15(26)10(19)4-2-3-6-18/h10-12H,2-9,18-19H2,1H3,(H,20,27)(H,21,23)(H,22,26)(H,24,25)(H,28,29). The zero-order valence-corrected chi connectivity index (χ0v) is 17.7. The zero-order valence-electron chi connectivity index (χ0n) is 16.9. The second-order valence-corrected chi connectivity index (χ2v) is 7.49. The van der Waals surface area contributed by atoms with Gasteiger partial charge in [0, 0.05) is 0 Å². The van der Waals surface area contributed by atoms with Crippen molar-refractivity contribution in [3.8, 4) is 0 Å². The number of rotatable bonds is 16. The molecular weight excluding hydrogens is 418 g/mol. The van der Waals surface area contributed by atoms with Crippen LogP contribution in [0.25, 0.3) is 0 Å².